The standard InChI is InChI=1S/C13H22N2O5/c1-2-5-14-7-9(16)13(20)12(19)8(14)6-15-10(17)3-4-11(15)18/h8-9,12-13,16,19-20H,2-7H2,1H3/t8-,9+,12-,13+/m1/s1. The molecule has 0 unspecified atom stereocenters. The fourth-order valence-electron chi connectivity index (χ4n) is 2.94. The normalized spacial score (nSPS) is 35.9. The molecule has 0 aromatic heterocycles. The maximum absolute atomic E-state index is 11.7. The first kappa shape index (κ1) is 15.4. The van der Waals surface area contributed by atoms with Gasteiger partial charge in [-0.15, -0.1) is 0 Å². The number of piperidine rings is 1. The van der Waals surface area contributed by atoms with Gasteiger partial charge in [-0.3, -0.25) is 19.4 Å². The van der Waals surface area contributed by atoms with Gasteiger partial charge in [0.15, 0.2) is 0 Å². The molecule has 0 radical (unpaired) electrons. The molecule has 0 saturated carbocycles. The van der Waals surface area contributed by atoms with Crippen molar-refractivity contribution in [3.8, 4) is 0 Å². The molecule has 2 heterocycles. The number of rotatable bonds is 4. The van der Waals surface area contributed by atoms with Crippen LogP contribution in [-0.4, -0.2) is 80.9 Å². The van der Waals surface area contributed by atoms with Crippen molar-refractivity contribution in [2.24, 2.45) is 0 Å². The predicted molar refractivity (Wildman–Crippen MR) is 69.6 cm³/mol. The van der Waals surface area contributed by atoms with Crippen molar-refractivity contribution in [3.05, 3.63) is 0 Å². The highest BCUT2D eigenvalue weighted by Gasteiger charge is 2.43. The van der Waals surface area contributed by atoms with E-state index >= 15 is 0 Å². The number of likely N-dealkylation sites (tertiary alicyclic amines) is 2. The Morgan fingerprint density at radius 1 is 1.10 bits per heavy atom. The highest BCUT2D eigenvalue weighted by Crippen LogP contribution is 2.22. The molecule has 3 N–H and O–H groups in total. The van der Waals surface area contributed by atoms with Gasteiger partial charge in [-0.2, -0.15) is 0 Å². The van der Waals surface area contributed by atoms with E-state index in [4.69, 9.17) is 0 Å². The molecule has 0 bridgehead atoms. The molecule has 114 valence electrons. The van der Waals surface area contributed by atoms with Crippen molar-refractivity contribution in [2.75, 3.05) is 19.6 Å². The number of nitrogens with zero attached hydrogens (tertiary/aromatic N) is 2. The lowest BCUT2D eigenvalue weighted by Crippen LogP contribution is -2.64. The Bertz CT molecular complexity index is 373. The number of aliphatic hydroxyl groups is 3. The molecule has 2 aliphatic rings. The molecule has 2 rings (SSSR count). The summed E-state index contributed by atoms with van der Waals surface area (Å²) in [5.41, 5.74) is 0. The topological polar surface area (TPSA) is 101 Å². The number of aliphatic hydroxyl groups excluding tert-OH is 3. The van der Waals surface area contributed by atoms with Gasteiger partial charge in [-0.1, -0.05) is 6.92 Å². The van der Waals surface area contributed by atoms with E-state index in [-0.39, 0.29) is 37.7 Å². The van der Waals surface area contributed by atoms with Crippen LogP contribution in [0.25, 0.3) is 0 Å². The molecule has 7 heteroatoms. The summed E-state index contributed by atoms with van der Waals surface area (Å²) in [6.07, 6.45) is -2.21. The predicted octanol–water partition coefficient (Wildman–Crippen LogP) is -1.69. The van der Waals surface area contributed by atoms with E-state index in [0.29, 0.717) is 6.54 Å². The monoisotopic (exact) mass is 286 g/mol. The lowest BCUT2D eigenvalue weighted by molar-refractivity contribution is -0.152. The second-order valence-electron chi connectivity index (χ2n) is 5.51. The van der Waals surface area contributed by atoms with Crippen LogP contribution in [0.2, 0.25) is 0 Å². The molecular weight excluding hydrogens is 264 g/mol. The van der Waals surface area contributed by atoms with Gasteiger partial charge >= 0.3 is 0 Å². The average molecular weight is 286 g/mol. The number of hydrogen-bond acceptors (Lipinski definition) is 6. The number of carbonyl (C=O) groups excluding carboxylic acids is 2. The second kappa shape index (κ2) is 6.17. The minimum atomic E-state index is -1.25. The van der Waals surface area contributed by atoms with E-state index in [0.717, 1.165) is 11.3 Å². The van der Waals surface area contributed by atoms with E-state index in [1.165, 1.54) is 0 Å². The quantitative estimate of drug-likeness (QED) is 0.533. The Labute approximate surface area is 117 Å². The number of carbonyl (C=O) groups is 2. The Morgan fingerprint density at radius 3 is 2.25 bits per heavy atom. The van der Waals surface area contributed by atoms with Gasteiger partial charge in [-0.25, -0.2) is 0 Å². The molecule has 0 aromatic carbocycles. The largest absolute Gasteiger partial charge is 0.389 e. The van der Waals surface area contributed by atoms with E-state index in [2.05, 4.69) is 0 Å². The van der Waals surface area contributed by atoms with Crippen molar-refractivity contribution < 1.29 is 24.9 Å². The van der Waals surface area contributed by atoms with Gasteiger partial charge in [0.2, 0.25) is 11.8 Å². The number of amides is 2. The third kappa shape index (κ3) is 2.85. The number of β-amino-alcohol motifs (C(OH)–C–C–N with tert-alkyl or cyclic N) is 1. The SMILES string of the molecule is CCCN1C[C@H](O)[C@H](O)[C@H](O)[C@H]1CN1C(=O)CCC1=O. The fourth-order valence-corrected chi connectivity index (χ4v) is 2.94. The molecule has 2 aliphatic heterocycles. The van der Waals surface area contributed by atoms with E-state index in [9.17, 15) is 24.9 Å². The maximum atomic E-state index is 11.7. The lowest BCUT2D eigenvalue weighted by Gasteiger charge is -2.44. The van der Waals surface area contributed by atoms with E-state index in [1.807, 2.05) is 11.8 Å². The van der Waals surface area contributed by atoms with Crippen LogP contribution in [0.15, 0.2) is 0 Å². The Morgan fingerprint density at radius 2 is 1.70 bits per heavy atom. The second-order valence-corrected chi connectivity index (χ2v) is 5.51. The molecular formula is C13H22N2O5. The summed E-state index contributed by atoms with van der Waals surface area (Å²) in [5.74, 6) is -0.474. The summed E-state index contributed by atoms with van der Waals surface area (Å²) in [4.78, 5) is 26.3. The molecule has 2 fully saturated rings. The van der Waals surface area contributed by atoms with Crippen LogP contribution in [0.3, 0.4) is 0 Å². The van der Waals surface area contributed by atoms with Crippen LogP contribution in [0.5, 0.6) is 0 Å². The molecule has 7 nitrogen and oxygen atoms in total. The highest BCUT2D eigenvalue weighted by atomic mass is 16.4. The van der Waals surface area contributed by atoms with Crippen molar-refractivity contribution in [1.29, 1.82) is 0 Å². The third-order valence-electron chi connectivity index (χ3n) is 4.06. The minimum absolute atomic E-state index is 0.0720. The van der Waals surface area contributed by atoms with Crippen LogP contribution in [-0.2, 0) is 9.59 Å². The first-order valence-electron chi connectivity index (χ1n) is 7.07. The summed E-state index contributed by atoms with van der Waals surface area (Å²) in [6, 6.07) is -0.528. The summed E-state index contributed by atoms with van der Waals surface area (Å²) < 4.78 is 0. The first-order chi connectivity index (χ1) is 9.45. The number of imide groups is 1. The zero-order chi connectivity index (χ0) is 14.9. The van der Waals surface area contributed by atoms with Crippen LogP contribution in [0.1, 0.15) is 26.2 Å². The highest BCUT2D eigenvalue weighted by molar-refractivity contribution is 6.01. The van der Waals surface area contributed by atoms with E-state index < -0.39 is 24.4 Å². The van der Waals surface area contributed by atoms with Crippen LogP contribution >= 0.6 is 0 Å². The van der Waals surface area contributed by atoms with Crippen LogP contribution in [0.4, 0.5) is 0 Å². The summed E-state index contributed by atoms with van der Waals surface area (Å²) >= 11 is 0. The maximum Gasteiger partial charge on any atom is 0.229 e. The fraction of sp³-hybridized carbons (Fsp3) is 0.846. The van der Waals surface area contributed by atoms with Gasteiger partial charge in [0.1, 0.15) is 6.10 Å². The minimum Gasteiger partial charge on any atom is -0.389 e. The number of hydrogen-bond donors (Lipinski definition) is 3. The first-order valence-corrected chi connectivity index (χ1v) is 7.07. The van der Waals surface area contributed by atoms with Gasteiger partial charge in [0.25, 0.3) is 0 Å². The van der Waals surface area contributed by atoms with Gasteiger partial charge < -0.3 is 15.3 Å². The van der Waals surface area contributed by atoms with E-state index in [1.54, 1.807) is 0 Å². The average Bonchev–Trinajstić information content (AvgIpc) is 2.72. The van der Waals surface area contributed by atoms with Crippen molar-refractivity contribution in [2.45, 2.75) is 50.5 Å². The molecule has 2 saturated heterocycles. The van der Waals surface area contributed by atoms with Crippen molar-refractivity contribution in [1.82, 2.24) is 9.80 Å². The lowest BCUT2D eigenvalue weighted by atomic mass is 9.93. The Hall–Kier alpha value is -1.02. The summed E-state index contributed by atoms with van der Waals surface area (Å²) in [6.45, 7) is 2.89. The van der Waals surface area contributed by atoms with Gasteiger partial charge in [0.05, 0.1) is 18.2 Å². The van der Waals surface area contributed by atoms with Crippen LogP contribution in [0, 0.1) is 0 Å². The molecule has 2 amide bonds. The smallest absolute Gasteiger partial charge is 0.229 e. The molecule has 0 spiro atoms. The summed E-state index contributed by atoms with van der Waals surface area (Å²) in [7, 11) is 0. The molecule has 0 aliphatic carbocycles. The van der Waals surface area contributed by atoms with Crippen molar-refractivity contribution >= 4 is 11.8 Å². The molecule has 4 atom stereocenters. The zero-order valence-electron chi connectivity index (χ0n) is 11.6. The Balaban J connectivity index is 2.12. The van der Waals surface area contributed by atoms with Gasteiger partial charge in [0, 0.05) is 25.9 Å². The molecule has 0 aromatic rings. The summed E-state index contributed by atoms with van der Waals surface area (Å²) in [5, 5.41) is 29.7. The third-order valence-corrected chi connectivity index (χ3v) is 4.06. The van der Waals surface area contributed by atoms with Gasteiger partial charge in [-0.05, 0) is 13.0 Å². The zero-order valence-corrected chi connectivity index (χ0v) is 11.6. The van der Waals surface area contributed by atoms with Crippen molar-refractivity contribution in [3.63, 3.8) is 0 Å². The molecule has 20 heavy (non-hydrogen) atoms. The Kier molecular flexibility index (Phi) is 4.74. The van der Waals surface area contributed by atoms with Crippen LogP contribution < -0.4 is 0 Å².